The predicted molar refractivity (Wildman–Crippen MR) is 184 cm³/mol. The summed E-state index contributed by atoms with van der Waals surface area (Å²) in [5.74, 6) is 0. The minimum Gasteiger partial charge on any atom is -0.455 e. The zero-order valence-corrected chi connectivity index (χ0v) is 23.1. The van der Waals surface area contributed by atoms with Crippen LogP contribution in [0.4, 0.5) is 0 Å². The maximum absolute atomic E-state index is 9.45. The molecule has 44 heavy (non-hydrogen) atoms. The molecule has 0 radical (unpaired) electrons. The second-order valence-electron chi connectivity index (χ2n) is 11.0. The summed E-state index contributed by atoms with van der Waals surface area (Å²) in [6.07, 6.45) is 0. The van der Waals surface area contributed by atoms with Crippen molar-refractivity contribution in [2.45, 2.75) is 0 Å². The topological polar surface area (TPSA) is 26.3 Å². The lowest BCUT2D eigenvalue weighted by Crippen LogP contribution is -1.91. The zero-order valence-electron chi connectivity index (χ0n) is 31.1. The van der Waals surface area contributed by atoms with E-state index in [-0.39, 0.29) is 51.3 Å². The van der Waals surface area contributed by atoms with Gasteiger partial charge in [0.25, 0.3) is 0 Å². The highest BCUT2D eigenvalue weighted by Crippen LogP contribution is 2.49. The first-order chi connectivity index (χ1) is 25.2. The zero-order chi connectivity index (χ0) is 35.7. The Balaban J connectivity index is 1.53. The molecule has 0 N–H and O–H groups in total. The molecule has 8 aromatic carbocycles. The lowest BCUT2D eigenvalue weighted by Gasteiger charge is -2.18. The molecule has 0 aliphatic rings. The van der Waals surface area contributed by atoms with Crippen LogP contribution in [0.1, 0.15) is 11.0 Å². The van der Waals surface area contributed by atoms with Crippen molar-refractivity contribution in [2.75, 3.05) is 0 Å². The summed E-state index contributed by atoms with van der Waals surface area (Å²) in [6, 6.07) is 27.2. The summed E-state index contributed by atoms with van der Waals surface area (Å²) in [5.41, 5.74) is 3.66. The molecule has 0 amide bonds. The summed E-state index contributed by atoms with van der Waals surface area (Å²) in [4.78, 5) is 0. The van der Waals surface area contributed by atoms with Gasteiger partial charge >= 0.3 is 0 Å². The van der Waals surface area contributed by atoms with Gasteiger partial charge in [0.2, 0.25) is 0 Å². The highest BCUT2D eigenvalue weighted by Gasteiger charge is 2.24. The van der Waals surface area contributed by atoms with Crippen LogP contribution in [0, 0.1) is 0 Å². The molecule has 0 fully saturated rings. The van der Waals surface area contributed by atoms with Crippen LogP contribution in [0.2, 0.25) is 0 Å². The van der Waals surface area contributed by atoms with Gasteiger partial charge in [-0.15, -0.1) is 0 Å². The van der Waals surface area contributed by atoms with E-state index in [4.69, 9.17) is 14.3 Å². The van der Waals surface area contributed by atoms with Crippen LogP contribution >= 0.6 is 0 Å². The number of para-hydroxylation sites is 2. The van der Waals surface area contributed by atoms with Crippen molar-refractivity contribution in [3.63, 3.8) is 0 Å². The molecule has 10 rings (SSSR count). The van der Waals surface area contributed by atoms with Gasteiger partial charge in [0.05, 0.1) is 16.4 Å². The SMILES string of the molecule is [2H]c1c([2H])c([2H])c2c(-c3cc4c5ccccc5oc4c4c3oc3ccccc34)c3c([2H])c([2H])c([2H])c([2H])c3c(-c3ccc4ccccc4c3)c2c1[2H]. The van der Waals surface area contributed by atoms with Crippen LogP contribution in [0.15, 0.2) is 154 Å². The fraction of sp³-hybridized carbons (Fsp3) is 0. The van der Waals surface area contributed by atoms with E-state index in [1.165, 1.54) is 0 Å². The van der Waals surface area contributed by atoms with Crippen LogP contribution < -0.4 is 0 Å². The Morgan fingerprint density at radius 1 is 0.432 bits per heavy atom. The molecule has 2 heteroatoms. The molecule has 2 aromatic heterocycles. The van der Waals surface area contributed by atoms with Crippen molar-refractivity contribution in [3.8, 4) is 22.3 Å². The number of furan rings is 2. The molecule has 10 aromatic rings. The van der Waals surface area contributed by atoms with Crippen molar-refractivity contribution in [1.29, 1.82) is 0 Å². The van der Waals surface area contributed by atoms with Gasteiger partial charge in [-0.25, -0.2) is 0 Å². The van der Waals surface area contributed by atoms with Gasteiger partial charge in [-0.2, -0.15) is 0 Å². The van der Waals surface area contributed by atoms with Crippen molar-refractivity contribution in [3.05, 3.63) is 145 Å². The quantitative estimate of drug-likeness (QED) is 0.194. The average molecular weight is 569 g/mol. The molecule has 204 valence electrons. The van der Waals surface area contributed by atoms with E-state index in [2.05, 4.69) is 0 Å². The van der Waals surface area contributed by atoms with Gasteiger partial charge < -0.3 is 8.83 Å². The molecule has 0 spiro atoms. The van der Waals surface area contributed by atoms with Gasteiger partial charge in [0.1, 0.15) is 22.3 Å². The Hall–Kier alpha value is -5.86. The number of benzene rings is 8. The molecule has 0 saturated heterocycles. The van der Waals surface area contributed by atoms with E-state index in [1.54, 1.807) is 0 Å². The maximum Gasteiger partial charge on any atom is 0.147 e. The van der Waals surface area contributed by atoms with Crippen LogP contribution in [0.3, 0.4) is 0 Å². The smallest absolute Gasteiger partial charge is 0.147 e. The molecule has 0 atom stereocenters. The molecule has 0 saturated carbocycles. The van der Waals surface area contributed by atoms with Crippen LogP contribution in [-0.4, -0.2) is 0 Å². The van der Waals surface area contributed by atoms with Crippen molar-refractivity contribution < 1.29 is 19.8 Å². The molecule has 0 aliphatic heterocycles. The van der Waals surface area contributed by atoms with E-state index in [1.807, 2.05) is 97.1 Å². The highest BCUT2D eigenvalue weighted by atomic mass is 16.3. The number of fused-ring (bicyclic) bond motifs is 10. The fourth-order valence-corrected chi connectivity index (χ4v) is 6.78. The third-order valence-electron chi connectivity index (χ3n) is 8.67. The Labute approximate surface area is 263 Å². The highest BCUT2D eigenvalue weighted by molar-refractivity contribution is 6.29. The predicted octanol–water partition coefficient (Wildman–Crippen LogP) is 12.3. The Morgan fingerprint density at radius 2 is 1.00 bits per heavy atom. The summed E-state index contributed by atoms with van der Waals surface area (Å²) < 4.78 is 86.1. The van der Waals surface area contributed by atoms with E-state index in [9.17, 15) is 5.48 Å². The third-order valence-corrected chi connectivity index (χ3v) is 8.67. The summed E-state index contributed by atoms with van der Waals surface area (Å²) in [7, 11) is 0. The lowest BCUT2D eigenvalue weighted by molar-refractivity contribution is 0.663. The van der Waals surface area contributed by atoms with Crippen molar-refractivity contribution >= 4 is 76.2 Å². The van der Waals surface area contributed by atoms with E-state index < -0.39 is 24.2 Å². The molecule has 2 nitrogen and oxygen atoms in total. The van der Waals surface area contributed by atoms with Gasteiger partial charge in [-0.1, -0.05) is 121 Å². The van der Waals surface area contributed by atoms with Crippen LogP contribution in [-0.2, 0) is 0 Å². The van der Waals surface area contributed by atoms with E-state index >= 15 is 0 Å². The standard InChI is InChI=1S/C42H24O2/c1-2-12-26-23-27(22-21-25(26)11-1)38-29-14-3-5-16-31(29)39(32-17-6-4-15-30(32)38)35-24-34-28-13-7-9-19-36(28)43-41(34)40-33-18-8-10-20-37(33)44-42(35)40/h1-24H/i3D,4D,5D,6D,14D,15D,16D,17D. The second kappa shape index (κ2) is 8.82. The average Bonchev–Trinajstić information content (AvgIpc) is 3.74. The lowest BCUT2D eigenvalue weighted by atomic mass is 9.85. The molecule has 0 unspecified atom stereocenters. The minimum atomic E-state index is -0.459. The third kappa shape index (κ3) is 3.20. The fourth-order valence-electron chi connectivity index (χ4n) is 6.78. The Morgan fingerprint density at radius 3 is 1.73 bits per heavy atom. The van der Waals surface area contributed by atoms with Crippen molar-refractivity contribution in [2.24, 2.45) is 0 Å². The molecule has 0 bridgehead atoms. The number of hydrogen-bond donors (Lipinski definition) is 0. The normalized spacial score (nSPS) is 14.6. The Kier molecular flexibility index (Phi) is 3.47. The summed E-state index contributed by atoms with van der Waals surface area (Å²) in [6.45, 7) is 0. The minimum absolute atomic E-state index is 0.126. The van der Waals surface area contributed by atoms with Crippen LogP contribution in [0.5, 0.6) is 0 Å². The van der Waals surface area contributed by atoms with Gasteiger partial charge in [0.15, 0.2) is 0 Å². The molecule has 0 aliphatic carbocycles. The van der Waals surface area contributed by atoms with E-state index in [0.717, 1.165) is 26.9 Å². The van der Waals surface area contributed by atoms with E-state index in [0.29, 0.717) is 44.4 Å². The first-order valence-electron chi connectivity index (χ1n) is 18.4. The number of hydrogen-bond acceptors (Lipinski definition) is 2. The monoisotopic (exact) mass is 568 g/mol. The molecular formula is C42H24O2. The van der Waals surface area contributed by atoms with Crippen molar-refractivity contribution in [1.82, 2.24) is 0 Å². The Bertz CT molecular complexity index is 3150. The molecular weight excluding hydrogens is 536 g/mol. The van der Waals surface area contributed by atoms with Crippen LogP contribution in [0.25, 0.3) is 98.4 Å². The first kappa shape index (κ1) is 17.3. The van der Waals surface area contributed by atoms with Gasteiger partial charge in [-0.3, -0.25) is 0 Å². The molecule has 2 heterocycles. The largest absolute Gasteiger partial charge is 0.455 e. The number of rotatable bonds is 2. The summed E-state index contributed by atoms with van der Waals surface area (Å²) >= 11 is 0. The second-order valence-corrected chi connectivity index (χ2v) is 11.0. The van der Waals surface area contributed by atoms with Gasteiger partial charge in [0, 0.05) is 27.3 Å². The maximum atomic E-state index is 9.45. The first-order valence-corrected chi connectivity index (χ1v) is 14.4. The van der Waals surface area contributed by atoms with Gasteiger partial charge in [-0.05, 0) is 67.7 Å². The summed E-state index contributed by atoms with van der Waals surface area (Å²) in [5, 5.41) is 5.34.